The molecule has 0 aliphatic carbocycles. The van der Waals surface area contributed by atoms with Crippen LogP contribution in [-0.2, 0) is 6.54 Å². The van der Waals surface area contributed by atoms with E-state index in [1.807, 2.05) is 32.0 Å². The van der Waals surface area contributed by atoms with Crippen LogP contribution in [-0.4, -0.2) is 21.3 Å². The van der Waals surface area contributed by atoms with E-state index in [2.05, 4.69) is 16.8 Å². The first-order chi connectivity index (χ1) is 9.10. The Morgan fingerprint density at radius 1 is 1.42 bits per heavy atom. The highest BCUT2D eigenvalue weighted by molar-refractivity contribution is 7.12. The highest BCUT2D eigenvalue weighted by Gasteiger charge is 2.05. The minimum atomic E-state index is -0.228. The Bertz CT molecular complexity index is 704. The van der Waals surface area contributed by atoms with Crippen molar-refractivity contribution in [2.75, 3.05) is 6.61 Å². The molecule has 2 aromatic rings. The lowest BCUT2D eigenvalue weighted by molar-refractivity contribution is 0.350. The number of aliphatic hydroxyl groups is 1. The molecule has 0 fully saturated rings. The van der Waals surface area contributed by atoms with Gasteiger partial charge in [0, 0.05) is 16.3 Å². The van der Waals surface area contributed by atoms with Gasteiger partial charge in [-0.1, -0.05) is 11.8 Å². The highest BCUT2D eigenvalue weighted by atomic mass is 32.1. The molecule has 0 amide bonds. The van der Waals surface area contributed by atoms with Crippen molar-refractivity contribution in [2.45, 2.75) is 20.4 Å². The molecule has 98 valence electrons. The highest BCUT2D eigenvalue weighted by Crippen LogP contribution is 2.16. The number of aryl methyl sites for hydroxylation is 2. The molecule has 0 aromatic carbocycles. The number of rotatable bonds is 2. The molecule has 0 radical (unpaired) electrons. The fraction of sp³-hybridized carbons (Fsp3) is 0.286. The number of aliphatic hydroxyl groups excluding tert-OH is 1. The number of aromatic nitrogens is 2. The lowest BCUT2D eigenvalue weighted by atomic mass is 10.3. The molecular weight excluding hydrogens is 260 g/mol. The maximum atomic E-state index is 11.8. The van der Waals surface area contributed by atoms with Crippen molar-refractivity contribution in [3.05, 3.63) is 49.8 Å². The molecule has 2 rings (SSSR count). The quantitative estimate of drug-likeness (QED) is 0.840. The van der Waals surface area contributed by atoms with Crippen LogP contribution in [0.1, 0.15) is 21.1 Å². The number of nitrogens with zero attached hydrogens (tertiary/aromatic N) is 2. The smallest absolute Gasteiger partial charge is 0.348 e. The Morgan fingerprint density at radius 3 is 2.89 bits per heavy atom. The largest absolute Gasteiger partial charge is 0.384 e. The number of thiophene rings is 1. The summed E-state index contributed by atoms with van der Waals surface area (Å²) in [4.78, 5) is 17.7. The summed E-state index contributed by atoms with van der Waals surface area (Å²) in [5.74, 6) is 5.46. The van der Waals surface area contributed by atoms with E-state index in [0.717, 1.165) is 21.1 Å². The second-order valence-electron chi connectivity index (χ2n) is 4.13. The molecule has 0 unspecified atom stereocenters. The van der Waals surface area contributed by atoms with Crippen LogP contribution in [0.4, 0.5) is 0 Å². The standard InChI is InChI=1S/C14H14N2O2S/c1-10-8-11(2)16(14(18)15-10)9-13-6-5-12(19-13)4-3-7-17/h5-6,8,17H,7,9H2,1-2H3. The van der Waals surface area contributed by atoms with Crippen LogP contribution in [0.15, 0.2) is 23.0 Å². The van der Waals surface area contributed by atoms with Gasteiger partial charge >= 0.3 is 5.69 Å². The Balaban J connectivity index is 2.27. The molecule has 2 aromatic heterocycles. The minimum Gasteiger partial charge on any atom is -0.384 e. The zero-order chi connectivity index (χ0) is 13.8. The van der Waals surface area contributed by atoms with Gasteiger partial charge in [-0.15, -0.1) is 11.3 Å². The van der Waals surface area contributed by atoms with Crippen molar-refractivity contribution >= 4 is 11.3 Å². The van der Waals surface area contributed by atoms with Gasteiger partial charge in [0.25, 0.3) is 0 Å². The maximum Gasteiger partial charge on any atom is 0.348 e. The molecule has 0 saturated heterocycles. The molecule has 0 aliphatic rings. The van der Waals surface area contributed by atoms with Gasteiger partial charge in [-0.25, -0.2) is 4.79 Å². The second kappa shape index (κ2) is 5.83. The van der Waals surface area contributed by atoms with E-state index in [-0.39, 0.29) is 12.3 Å². The van der Waals surface area contributed by atoms with Crippen LogP contribution < -0.4 is 5.69 Å². The van der Waals surface area contributed by atoms with E-state index in [1.54, 1.807) is 4.57 Å². The maximum absolute atomic E-state index is 11.8. The van der Waals surface area contributed by atoms with E-state index in [0.29, 0.717) is 6.54 Å². The van der Waals surface area contributed by atoms with Crippen LogP contribution in [0.5, 0.6) is 0 Å². The summed E-state index contributed by atoms with van der Waals surface area (Å²) in [5.41, 5.74) is 1.40. The summed E-state index contributed by atoms with van der Waals surface area (Å²) in [7, 11) is 0. The monoisotopic (exact) mass is 274 g/mol. The van der Waals surface area contributed by atoms with Crippen LogP contribution in [0, 0.1) is 25.7 Å². The first-order valence-electron chi connectivity index (χ1n) is 5.83. The van der Waals surface area contributed by atoms with E-state index in [9.17, 15) is 4.79 Å². The van der Waals surface area contributed by atoms with Gasteiger partial charge in [-0.2, -0.15) is 4.98 Å². The van der Waals surface area contributed by atoms with Gasteiger partial charge < -0.3 is 5.11 Å². The van der Waals surface area contributed by atoms with Crippen LogP contribution in [0.25, 0.3) is 0 Å². The van der Waals surface area contributed by atoms with Crippen LogP contribution >= 0.6 is 11.3 Å². The third-order valence-corrected chi connectivity index (χ3v) is 3.60. The molecule has 0 atom stereocenters. The SMILES string of the molecule is Cc1cc(C)n(Cc2ccc(C#CCO)s2)c(=O)n1. The van der Waals surface area contributed by atoms with Gasteiger partial charge in [0.2, 0.25) is 0 Å². The summed E-state index contributed by atoms with van der Waals surface area (Å²) >= 11 is 1.52. The predicted octanol–water partition coefficient (Wildman–Crippen LogP) is 1.31. The summed E-state index contributed by atoms with van der Waals surface area (Å²) < 4.78 is 1.64. The average molecular weight is 274 g/mol. The second-order valence-corrected chi connectivity index (χ2v) is 5.30. The summed E-state index contributed by atoms with van der Waals surface area (Å²) in [5, 5.41) is 8.65. The zero-order valence-electron chi connectivity index (χ0n) is 10.8. The van der Waals surface area contributed by atoms with E-state index >= 15 is 0 Å². The van der Waals surface area contributed by atoms with Crippen molar-refractivity contribution in [2.24, 2.45) is 0 Å². The summed E-state index contributed by atoms with van der Waals surface area (Å²) in [6, 6.07) is 5.73. The van der Waals surface area contributed by atoms with Gasteiger partial charge in [0.1, 0.15) is 6.61 Å². The van der Waals surface area contributed by atoms with E-state index < -0.39 is 0 Å². The molecular formula is C14H14N2O2S. The minimum absolute atomic E-state index is 0.145. The Kier molecular flexibility index (Phi) is 4.15. The van der Waals surface area contributed by atoms with Crippen LogP contribution in [0.3, 0.4) is 0 Å². The molecule has 2 heterocycles. The van der Waals surface area contributed by atoms with Gasteiger partial charge in [-0.3, -0.25) is 4.57 Å². The van der Waals surface area contributed by atoms with Crippen molar-refractivity contribution in [1.29, 1.82) is 0 Å². The topological polar surface area (TPSA) is 55.1 Å². The lowest BCUT2D eigenvalue weighted by Crippen LogP contribution is -2.25. The van der Waals surface area contributed by atoms with Crippen molar-refractivity contribution in [1.82, 2.24) is 9.55 Å². The Labute approximate surface area is 115 Å². The first kappa shape index (κ1) is 13.5. The molecule has 0 bridgehead atoms. The number of hydrogen-bond acceptors (Lipinski definition) is 4. The van der Waals surface area contributed by atoms with Crippen LogP contribution in [0.2, 0.25) is 0 Å². The predicted molar refractivity (Wildman–Crippen MR) is 75.4 cm³/mol. The molecule has 0 aliphatic heterocycles. The van der Waals surface area contributed by atoms with Gasteiger partial charge in [0.05, 0.1) is 11.4 Å². The third-order valence-electron chi connectivity index (χ3n) is 2.61. The Morgan fingerprint density at radius 2 is 2.21 bits per heavy atom. The summed E-state index contributed by atoms with van der Waals surface area (Å²) in [6.07, 6.45) is 0. The number of hydrogen-bond donors (Lipinski definition) is 1. The van der Waals surface area contributed by atoms with Crippen molar-refractivity contribution < 1.29 is 5.11 Å². The summed E-state index contributed by atoms with van der Waals surface area (Å²) in [6.45, 7) is 4.07. The zero-order valence-corrected chi connectivity index (χ0v) is 11.6. The molecule has 19 heavy (non-hydrogen) atoms. The van der Waals surface area contributed by atoms with Crippen molar-refractivity contribution in [3.8, 4) is 11.8 Å². The van der Waals surface area contributed by atoms with Gasteiger partial charge in [0.15, 0.2) is 0 Å². The molecule has 0 saturated carbocycles. The third kappa shape index (κ3) is 3.31. The van der Waals surface area contributed by atoms with Gasteiger partial charge in [-0.05, 0) is 32.0 Å². The van der Waals surface area contributed by atoms with E-state index in [1.165, 1.54) is 11.3 Å². The van der Waals surface area contributed by atoms with E-state index in [4.69, 9.17) is 5.11 Å². The average Bonchev–Trinajstić information content (AvgIpc) is 2.79. The molecule has 4 nitrogen and oxygen atoms in total. The lowest BCUT2D eigenvalue weighted by Gasteiger charge is -2.07. The fourth-order valence-electron chi connectivity index (χ4n) is 1.78. The Hall–Kier alpha value is -1.90. The molecule has 0 spiro atoms. The normalized spacial score (nSPS) is 10.1. The fourth-order valence-corrected chi connectivity index (χ4v) is 2.65. The first-order valence-corrected chi connectivity index (χ1v) is 6.65. The molecule has 1 N–H and O–H groups in total. The van der Waals surface area contributed by atoms with Crippen molar-refractivity contribution in [3.63, 3.8) is 0 Å². The molecule has 5 heteroatoms.